The SMILES string of the molecule is CCN(c1cc(-c2ccnc(OC)c2)c[nH]c1=O)[C@@H]1CCCN(C(=O)C=CCNC)C1. The van der Waals surface area contributed by atoms with E-state index in [-0.39, 0.29) is 17.5 Å². The number of hydrogen-bond acceptors (Lipinski definition) is 6. The average Bonchev–Trinajstić information content (AvgIpc) is 2.81. The Balaban J connectivity index is 1.84. The molecule has 0 unspecified atom stereocenters. The minimum Gasteiger partial charge on any atom is -0.481 e. The van der Waals surface area contributed by atoms with Gasteiger partial charge in [-0.05, 0) is 44.5 Å². The highest BCUT2D eigenvalue weighted by molar-refractivity contribution is 5.87. The second kappa shape index (κ2) is 10.8. The van der Waals surface area contributed by atoms with Crippen LogP contribution in [-0.4, -0.2) is 67.2 Å². The number of H-pyrrole nitrogens is 1. The number of ether oxygens (including phenoxy) is 1. The van der Waals surface area contributed by atoms with E-state index in [2.05, 4.69) is 20.2 Å². The summed E-state index contributed by atoms with van der Waals surface area (Å²) in [5, 5.41) is 3.00. The Labute approximate surface area is 182 Å². The summed E-state index contributed by atoms with van der Waals surface area (Å²) in [5.74, 6) is 0.535. The van der Waals surface area contributed by atoms with Crippen LogP contribution in [0.4, 0.5) is 5.69 Å². The Morgan fingerprint density at radius 3 is 3.00 bits per heavy atom. The van der Waals surface area contributed by atoms with Gasteiger partial charge in [-0.2, -0.15) is 0 Å². The molecule has 3 heterocycles. The Kier molecular flexibility index (Phi) is 7.83. The lowest BCUT2D eigenvalue weighted by molar-refractivity contribution is -0.127. The zero-order valence-electron chi connectivity index (χ0n) is 18.4. The van der Waals surface area contributed by atoms with E-state index in [0.29, 0.717) is 31.2 Å². The number of hydrogen-bond donors (Lipinski definition) is 2. The average molecular weight is 426 g/mol. The molecule has 1 amide bonds. The van der Waals surface area contributed by atoms with Crippen molar-refractivity contribution in [3.8, 4) is 17.0 Å². The number of anilines is 1. The molecule has 0 aliphatic carbocycles. The molecule has 2 aromatic heterocycles. The maximum Gasteiger partial charge on any atom is 0.271 e. The number of methoxy groups -OCH3 is 1. The van der Waals surface area contributed by atoms with Crippen molar-refractivity contribution in [2.24, 2.45) is 0 Å². The second-order valence-electron chi connectivity index (χ2n) is 7.52. The number of piperidine rings is 1. The third-order valence-electron chi connectivity index (χ3n) is 5.54. The van der Waals surface area contributed by atoms with Crippen molar-refractivity contribution < 1.29 is 9.53 Å². The molecule has 8 nitrogen and oxygen atoms in total. The first-order chi connectivity index (χ1) is 15.1. The smallest absolute Gasteiger partial charge is 0.271 e. The summed E-state index contributed by atoms with van der Waals surface area (Å²) >= 11 is 0. The first-order valence-corrected chi connectivity index (χ1v) is 10.7. The molecule has 0 saturated carbocycles. The number of likely N-dealkylation sites (N-methyl/N-ethyl adjacent to an activating group) is 2. The first-order valence-electron chi connectivity index (χ1n) is 10.7. The predicted molar refractivity (Wildman–Crippen MR) is 123 cm³/mol. The Hall–Kier alpha value is -3.13. The van der Waals surface area contributed by atoms with E-state index in [1.807, 2.05) is 43.1 Å². The van der Waals surface area contributed by atoms with Crippen molar-refractivity contribution in [1.29, 1.82) is 0 Å². The minimum absolute atomic E-state index is 0.0162. The number of aromatic amines is 1. The summed E-state index contributed by atoms with van der Waals surface area (Å²) in [4.78, 5) is 36.3. The molecule has 0 bridgehead atoms. The maximum atomic E-state index is 12.7. The minimum atomic E-state index is -0.135. The van der Waals surface area contributed by atoms with Crippen molar-refractivity contribution in [3.63, 3.8) is 0 Å². The summed E-state index contributed by atoms with van der Waals surface area (Å²) < 4.78 is 5.22. The zero-order valence-corrected chi connectivity index (χ0v) is 18.4. The van der Waals surface area contributed by atoms with Gasteiger partial charge in [0.15, 0.2) is 0 Å². The van der Waals surface area contributed by atoms with Gasteiger partial charge in [-0.1, -0.05) is 6.08 Å². The van der Waals surface area contributed by atoms with Gasteiger partial charge in [-0.25, -0.2) is 4.98 Å². The fraction of sp³-hybridized carbons (Fsp3) is 0.435. The number of pyridine rings is 2. The molecule has 8 heteroatoms. The van der Waals surface area contributed by atoms with Gasteiger partial charge in [0.1, 0.15) is 5.69 Å². The van der Waals surface area contributed by atoms with Crippen LogP contribution in [0.1, 0.15) is 19.8 Å². The van der Waals surface area contributed by atoms with Crippen molar-refractivity contribution in [2.75, 3.05) is 45.2 Å². The summed E-state index contributed by atoms with van der Waals surface area (Å²) in [6.07, 6.45) is 8.69. The molecular weight excluding hydrogens is 394 g/mol. The highest BCUT2D eigenvalue weighted by Gasteiger charge is 2.28. The number of amides is 1. The van der Waals surface area contributed by atoms with Crippen LogP contribution in [0.15, 0.2) is 47.5 Å². The van der Waals surface area contributed by atoms with Crippen LogP contribution in [0.2, 0.25) is 0 Å². The lowest BCUT2D eigenvalue weighted by Gasteiger charge is -2.39. The number of likely N-dealkylation sites (tertiary alicyclic amines) is 1. The normalized spacial score (nSPS) is 16.5. The molecule has 1 aliphatic heterocycles. The molecule has 166 valence electrons. The molecule has 1 saturated heterocycles. The van der Waals surface area contributed by atoms with E-state index in [1.165, 1.54) is 0 Å². The molecule has 1 fully saturated rings. The van der Waals surface area contributed by atoms with E-state index in [1.54, 1.807) is 25.6 Å². The third kappa shape index (κ3) is 5.52. The molecule has 1 aliphatic rings. The fourth-order valence-corrected chi connectivity index (χ4v) is 3.97. The molecule has 2 N–H and O–H groups in total. The van der Waals surface area contributed by atoms with Crippen LogP contribution in [0.5, 0.6) is 5.88 Å². The van der Waals surface area contributed by atoms with Crippen molar-refractivity contribution in [1.82, 2.24) is 20.2 Å². The van der Waals surface area contributed by atoms with Gasteiger partial charge in [-0.15, -0.1) is 0 Å². The van der Waals surface area contributed by atoms with Gasteiger partial charge >= 0.3 is 0 Å². The first kappa shape index (κ1) is 22.6. The molecular formula is C23H31N5O3. The van der Waals surface area contributed by atoms with Gasteiger partial charge in [0, 0.05) is 62.3 Å². The van der Waals surface area contributed by atoms with E-state index in [4.69, 9.17) is 4.74 Å². The van der Waals surface area contributed by atoms with Crippen molar-refractivity contribution >= 4 is 11.6 Å². The number of nitrogens with one attached hydrogen (secondary N) is 2. The van der Waals surface area contributed by atoms with Crippen molar-refractivity contribution in [2.45, 2.75) is 25.8 Å². The number of aromatic nitrogens is 2. The molecule has 0 aromatic carbocycles. The maximum absolute atomic E-state index is 12.7. The number of carbonyl (C=O) groups excluding carboxylic acids is 1. The van der Waals surface area contributed by atoms with E-state index in [9.17, 15) is 9.59 Å². The van der Waals surface area contributed by atoms with Crippen LogP contribution in [-0.2, 0) is 4.79 Å². The Morgan fingerprint density at radius 1 is 1.42 bits per heavy atom. The van der Waals surface area contributed by atoms with E-state index >= 15 is 0 Å². The number of nitrogens with zero attached hydrogens (tertiary/aromatic N) is 3. The van der Waals surface area contributed by atoms with Gasteiger partial charge in [0.05, 0.1) is 7.11 Å². The summed E-state index contributed by atoms with van der Waals surface area (Å²) in [6, 6.07) is 5.72. The fourth-order valence-electron chi connectivity index (χ4n) is 3.97. The molecule has 3 rings (SSSR count). The summed E-state index contributed by atoms with van der Waals surface area (Å²) in [5.41, 5.74) is 2.27. The van der Waals surface area contributed by atoms with Crippen LogP contribution in [0.3, 0.4) is 0 Å². The molecule has 0 radical (unpaired) electrons. The van der Waals surface area contributed by atoms with Crippen LogP contribution in [0, 0.1) is 0 Å². The number of rotatable bonds is 8. The lowest BCUT2D eigenvalue weighted by atomic mass is 10.0. The standard InChI is InChI=1S/C23H31N5O3/c1-4-28(19-7-6-12-27(16-19)22(29)8-5-10-24-2)20-13-18(15-26-23(20)30)17-9-11-25-21(14-17)31-3/h5,8-9,11,13-15,19,24H,4,6-7,10,12,16H2,1-3H3,(H,26,30)/t19-/m1/s1. The van der Waals surface area contributed by atoms with Gasteiger partial charge in [-0.3, -0.25) is 9.59 Å². The second-order valence-corrected chi connectivity index (χ2v) is 7.52. The monoisotopic (exact) mass is 425 g/mol. The van der Waals surface area contributed by atoms with Crippen molar-refractivity contribution in [3.05, 3.63) is 53.1 Å². The largest absolute Gasteiger partial charge is 0.481 e. The molecule has 1 atom stereocenters. The summed E-state index contributed by atoms with van der Waals surface area (Å²) in [7, 11) is 3.42. The van der Waals surface area contributed by atoms with Gasteiger partial charge < -0.3 is 24.8 Å². The number of carbonyl (C=O) groups is 1. The van der Waals surface area contributed by atoms with Gasteiger partial charge in [0.25, 0.3) is 5.56 Å². The van der Waals surface area contributed by atoms with Crippen LogP contribution in [0.25, 0.3) is 11.1 Å². The highest BCUT2D eigenvalue weighted by Crippen LogP contribution is 2.26. The lowest BCUT2D eigenvalue weighted by Crippen LogP contribution is -2.50. The van der Waals surface area contributed by atoms with E-state index < -0.39 is 0 Å². The van der Waals surface area contributed by atoms with Crippen LogP contribution < -0.4 is 20.5 Å². The van der Waals surface area contributed by atoms with Crippen LogP contribution >= 0.6 is 0 Å². The summed E-state index contributed by atoms with van der Waals surface area (Å²) in [6.45, 7) is 4.71. The van der Waals surface area contributed by atoms with Gasteiger partial charge in [0.2, 0.25) is 11.8 Å². The Morgan fingerprint density at radius 2 is 2.26 bits per heavy atom. The van der Waals surface area contributed by atoms with E-state index in [0.717, 1.165) is 30.5 Å². The Bertz CT molecular complexity index is 972. The third-order valence-corrected chi connectivity index (χ3v) is 5.54. The molecule has 0 spiro atoms. The highest BCUT2D eigenvalue weighted by atomic mass is 16.5. The quantitative estimate of drug-likeness (QED) is 0.629. The predicted octanol–water partition coefficient (Wildman–Crippen LogP) is 2.04. The molecule has 31 heavy (non-hydrogen) atoms. The topological polar surface area (TPSA) is 90.6 Å². The molecule has 2 aromatic rings. The zero-order chi connectivity index (χ0) is 22.2.